The molecule has 74 valence electrons. The van der Waals surface area contributed by atoms with E-state index in [2.05, 4.69) is 16.8 Å². The number of likely N-dealkylation sites (N-methyl/N-ethyl adjacent to an activating group) is 1. The first kappa shape index (κ1) is 8.97. The highest BCUT2D eigenvalue weighted by atomic mass is 16.4. The summed E-state index contributed by atoms with van der Waals surface area (Å²) in [6, 6.07) is 1.38. The standard InChI is InChI=1S/C9H16N2O2/c1-10-7-4-8(10)6-11(5-7)3-2-9(12)13/h7-8H,2-6H2,1H3,(H,12,13). The fourth-order valence-electron chi connectivity index (χ4n) is 2.32. The van der Waals surface area contributed by atoms with Gasteiger partial charge in [-0.15, -0.1) is 0 Å². The second kappa shape index (κ2) is 3.27. The third-order valence-corrected chi connectivity index (χ3v) is 3.28. The molecule has 3 rings (SSSR count). The molecule has 0 radical (unpaired) electrons. The second-order valence-electron chi connectivity index (χ2n) is 4.11. The summed E-state index contributed by atoms with van der Waals surface area (Å²) in [6.45, 7) is 2.83. The minimum absolute atomic E-state index is 0.281. The van der Waals surface area contributed by atoms with Gasteiger partial charge in [-0.3, -0.25) is 14.6 Å². The van der Waals surface area contributed by atoms with Crippen LogP contribution in [-0.2, 0) is 4.79 Å². The van der Waals surface area contributed by atoms with Crippen molar-refractivity contribution < 1.29 is 9.90 Å². The first-order valence-corrected chi connectivity index (χ1v) is 4.83. The van der Waals surface area contributed by atoms with Crippen LogP contribution in [0.15, 0.2) is 0 Å². The molecule has 0 amide bonds. The molecule has 2 bridgehead atoms. The largest absolute Gasteiger partial charge is 0.481 e. The van der Waals surface area contributed by atoms with E-state index < -0.39 is 5.97 Å². The van der Waals surface area contributed by atoms with Crippen molar-refractivity contribution in [1.82, 2.24) is 9.80 Å². The molecule has 1 N–H and O–H groups in total. The van der Waals surface area contributed by atoms with Crippen LogP contribution < -0.4 is 0 Å². The van der Waals surface area contributed by atoms with Gasteiger partial charge in [0.2, 0.25) is 0 Å². The minimum atomic E-state index is -0.687. The maximum Gasteiger partial charge on any atom is 0.304 e. The molecule has 3 aliphatic rings. The lowest BCUT2D eigenvalue weighted by atomic mass is 9.88. The Bertz CT molecular complexity index is 208. The van der Waals surface area contributed by atoms with Gasteiger partial charge < -0.3 is 5.11 Å². The molecule has 2 unspecified atom stereocenters. The molecule has 0 spiro atoms. The van der Waals surface area contributed by atoms with E-state index in [1.54, 1.807) is 0 Å². The zero-order valence-corrected chi connectivity index (χ0v) is 7.94. The van der Waals surface area contributed by atoms with Gasteiger partial charge in [0, 0.05) is 31.7 Å². The van der Waals surface area contributed by atoms with Crippen molar-refractivity contribution in [2.24, 2.45) is 0 Å². The van der Waals surface area contributed by atoms with Crippen molar-refractivity contribution in [2.45, 2.75) is 24.9 Å². The van der Waals surface area contributed by atoms with Crippen molar-refractivity contribution in [3.63, 3.8) is 0 Å². The van der Waals surface area contributed by atoms with Gasteiger partial charge in [-0.2, -0.15) is 0 Å². The van der Waals surface area contributed by atoms with Crippen LogP contribution in [0.4, 0.5) is 0 Å². The van der Waals surface area contributed by atoms with Crippen LogP contribution in [0, 0.1) is 0 Å². The van der Waals surface area contributed by atoms with E-state index in [0.717, 1.165) is 19.6 Å². The number of carboxylic acid groups (broad SMARTS) is 1. The maximum absolute atomic E-state index is 10.4. The highest BCUT2D eigenvalue weighted by molar-refractivity contribution is 5.66. The summed E-state index contributed by atoms with van der Waals surface area (Å²) < 4.78 is 0. The molecule has 2 atom stereocenters. The first-order valence-electron chi connectivity index (χ1n) is 4.83. The van der Waals surface area contributed by atoms with Crippen molar-refractivity contribution in [3.05, 3.63) is 0 Å². The number of carboxylic acids is 1. The summed E-state index contributed by atoms with van der Waals surface area (Å²) in [5.41, 5.74) is 0. The average molecular weight is 184 g/mol. The van der Waals surface area contributed by atoms with Crippen molar-refractivity contribution >= 4 is 5.97 Å². The number of nitrogens with zero attached hydrogens (tertiary/aromatic N) is 2. The van der Waals surface area contributed by atoms with Gasteiger partial charge in [-0.05, 0) is 13.5 Å². The van der Waals surface area contributed by atoms with Crippen molar-refractivity contribution in [3.8, 4) is 0 Å². The Kier molecular flexibility index (Phi) is 2.26. The van der Waals surface area contributed by atoms with Crippen LogP contribution in [0.3, 0.4) is 0 Å². The number of aliphatic carboxylic acids is 1. The molecular weight excluding hydrogens is 168 g/mol. The van der Waals surface area contributed by atoms with Gasteiger partial charge in [0.05, 0.1) is 6.42 Å². The molecule has 3 heterocycles. The van der Waals surface area contributed by atoms with E-state index in [-0.39, 0.29) is 6.42 Å². The maximum atomic E-state index is 10.4. The molecule has 0 aromatic carbocycles. The Morgan fingerprint density at radius 2 is 2.08 bits per heavy atom. The van der Waals surface area contributed by atoms with Gasteiger partial charge in [0.1, 0.15) is 0 Å². The molecule has 0 aliphatic carbocycles. The number of rotatable bonds is 3. The lowest BCUT2D eigenvalue weighted by Crippen LogP contribution is -2.67. The van der Waals surface area contributed by atoms with E-state index in [1.165, 1.54) is 6.42 Å². The quantitative estimate of drug-likeness (QED) is 0.662. The van der Waals surface area contributed by atoms with Gasteiger partial charge in [-0.25, -0.2) is 0 Å². The molecule has 4 heteroatoms. The fourth-order valence-corrected chi connectivity index (χ4v) is 2.32. The lowest BCUT2D eigenvalue weighted by molar-refractivity contribution is -0.138. The summed E-state index contributed by atoms with van der Waals surface area (Å²) in [5.74, 6) is -0.687. The van der Waals surface area contributed by atoms with Crippen LogP contribution in [0.25, 0.3) is 0 Å². The molecule has 3 aliphatic heterocycles. The Morgan fingerprint density at radius 1 is 1.46 bits per heavy atom. The molecule has 13 heavy (non-hydrogen) atoms. The zero-order valence-electron chi connectivity index (χ0n) is 7.94. The average Bonchev–Trinajstić information content (AvgIpc) is 2.14. The van der Waals surface area contributed by atoms with Crippen LogP contribution in [-0.4, -0.2) is 59.6 Å². The summed E-state index contributed by atoms with van der Waals surface area (Å²) in [4.78, 5) is 15.0. The van der Waals surface area contributed by atoms with Gasteiger partial charge in [-0.1, -0.05) is 0 Å². The highest BCUT2D eigenvalue weighted by Gasteiger charge is 2.41. The number of hydrogen-bond acceptors (Lipinski definition) is 3. The lowest BCUT2D eigenvalue weighted by Gasteiger charge is -2.54. The molecule has 4 nitrogen and oxygen atoms in total. The third-order valence-electron chi connectivity index (χ3n) is 3.28. The predicted molar refractivity (Wildman–Crippen MR) is 48.6 cm³/mol. The Hall–Kier alpha value is -0.610. The van der Waals surface area contributed by atoms with Gasteiger partial charge in [0.25, 0.3) is 0 Å². The Balaban J connectivity index is 1.76. The third kappa shape index (κ3) is 1.69. The Morgan fingerprint density at radius 3 is 2.54 bits per heavy atom. The van der Waals surface area contributed by atoms with Gasteiger partial charge >= 0.3 is 5.97 Å². The number of fused-ring (bicyclic) bond motifs is 2. The van der Waals surface area contributed by atoms with Crippen LogP contribution in [0.5, 0.6) is 0 Å². The minimum Gasteiger partial charge on any atom is -0.481 e. The Labute approximate surface area is 78.1 Å². The highest BCUT2D eigenvalue weighted by Crippen LogP contribution is 2.29. The topological polar surface area (TPSA) is 43.8 Å². The summed E-state index contributed by atoms with van der Waals surface area (Å²) in [5, 5.41) is 8.54. The molecule has 3 fully saturated rings. The van der Waals surface area contributed by atoms with Gasteiger partial charge in [0.15, 0.2) is 0 Å². The summed E-state index contributed by atoms with van der Waals surface area (Å²) in [7, 11) is 2.16. The van der Waals surface area contributed by atoms with Crippen LogP contribution >= 0.6 is 0 Å². The number of piperidine rings is 1. The second-order valence-corrected chi connectivity index (χ2v) is 4.11. The monoisotopic (exact) mass is 184 g/mol. The fraction of sp³-hybridized carbons (Fsp3) is 0.889. The molecule has 3 saturated heterocycles. The molecule has 0 aromatic heterocycles. The normalized spacial score (nSPS) is 34.2. The van der Waals surface area contributed by atoms with Crippen molar-refractivity contribution in [1.29, 1.82) is 0 Å². The zero-order chi connectivity index (χ0) is 9.42. The van der Waals surface area contributed by atoms with Crippen molar-refractivity contribution in [2.75, 3.05) is 26.7 Å². The molecule has 0 saturated carbocycles. The SMILES string of the molecule is CN1C2CC1CN(CCC(=O)O)C2. The number of carbonyl (C=O) groups is 1. The summed E-state index contributed by atoms with van der Waals surface area (Å²) in [6.07, 6.45) is 1.59. The van der Waals surface area contributed by atoms with E-state index in [1.807, 2.05) is 0 Å². The molecular formula is C9H16N2O2. The predicted octanol–water partition coefficient (Wildman–Crippen LogP) is -0.151. The van der Waals surface area contributed by atoms with E-state index >= 15 is 0 Å². The van der Waals surface area contributed by atoms with E-state index in [4.69, 9.17) is 5.11 Å². The molecule has 0 aromatic rings. The smallest absolute Gasteiger partial charge is 0.304 e. The number of piperazine rings is 1. The summed E-state index contributed by atoms with van der Waals surface area (Å²) >= 11 is 0. The van der Waals surface area contributed by atoms with E-state index in [0.29, 0.717) is 12.1 Å². The van der Waals surface area contributed by atoms with Crippen LogP contribution in [0.2, 0.25) is 0 Å². The van der Waals surface area contributed by atoms with Crippen LogP contribution in [0.1, 0.15) is 12.8 Å². The first-order chi connectivity index (χ1) is 6.16. The number of hydrogen-bond donors (Lipinski definition) is 1. The van der Waals surface area contributed by atoms with E-state index in [9.17, 15) is 4.79 Å².